The quantitative estimate of drug-likeness (QED) is 0.680. The Bertz CT molecular complexity index is 453. The Kier molecular flexibility index (Phi) is 2.01. The lowest BCUT2D eigenvalue weighted by Crippen LogP contribution is -2.11. The Morgan fingerprint density at radius 3 is 3.23 bits per heavy atom. The summed E-state index contributed by atoms with van der Waals surface area (Å²) < 4.78 is 1.10. The van der Waals surface area contributed by atoms with E-state index in [1.165, 1.54) is 23.9 Å². The van der Waals surface area contributed by atoms with E-state index in [-0.39, 0.29) is 5.69 Å². The number of rotatable bonds is 2. The fourth-order valence-electron chi connectivity index (χ4n) is 0.732. The molecular weight excluding hydrogens is 190 g/mol. The lowest BCUT2D eigenvalue weighted by atomic mass is 10.6. The topological polar surface area (TPSA) is 75.9 Å². The normalized spacial score (nSPS) is 11.1. The monoisotopic (exact) mass is 195 g/mol. The van der Waals surface area contributed by atoms with Gasteiger partial charge in [-0.15, -0.1) is 11.3 Å². The van der Waals surface area contributed by atoms with E-state index >= 15 is 0 Å². The van der Waals surface area contributed by atoms with Crippen LogP contribution in [0, 0.1) is 0 Å². The molecule has 0 amide bonds. The molecule has 2 aromatic rings. The van der Waals surface area contributed by atoms with Crippen LogP contribution in [0.4, 0.5) is 0 Å². The molecule has 7 heteroatoms. The molecule has 0 aromatic carbocycles. The predicted molar refractivity (Wildman–Crippen MR) is 48.0 cm³/mol. The van der Waals surface area contributed by atoms with E-state index in [4.69, 9.17) is 0 Å². The van der Waals surface area contributed by atoms with Crippen LogP contribution in [0.1, 0.15) is 5.69 Å². The highest BCUT2D eigenvalue weighted by atomic mass is 32.1. The van der Waals surface area contributed by atoms with E-state index in [1.807, 2.05) is 5.38 Å². The van der Waals surface area contributed by atoms with Gasteiger partial charge in [-0.1, -0.05) is 0 Å². The predicted octanol–water partition coefficient (Wildman–Crippen LogP) is -0.0899. The molecule has 0 aliphatic heterocycles. The highest BCUT2D eigenvalue weighted by Gasteiger charge is 1.92. The smallest absolute Gasteiger partial charge is 0.244 e. The van der Waals surface area contributed by atoms with E-state index in [1.54, 1.807) is 5.51 Å². The largest absolute Gasteiger partial charge is 0.363 e. The van der Waals surface area contributed by atoms with Gasteiger partial charge in [-0.2, -0.15) is 14.9 Å². The second kappa shape index (κ2) is 3.31. The molecule has 2 rings (SSSR count). The number of thiazole rings is 1. The third-order valence-electron chi connectivity index (χ3n) is 1.30. The lowest BCUT2D eigenvalue weighted by Gasteiger charge is -1.84. The Labute approximate surface area is 76.6 Å². The van der Waals surface area contributed by atoms with Gasteiger partial charge in [0.2, 0.25) is 0 Å². The lowest BCUT2D eigenvalue weighted by molar-refractivity contribution is 0.834. The van der Waals surface area contributed by atoms with Crippen LogP contribution in [0.25, 0.3) is 0 Å². The first kappa shape index (κ1) is 7.87. The molecule has 0 aliphatic rings. The summed E-state index contributed by atoms with van der Waals surface area (Å²) in [5, 5.41) is 11.4. The van der Waals surface area contributed by atoms with Crippen molar-refractivity contribution in [1.29, 1.82) is 0 Å². The number of nitrogens with zero attached hydrogens (tertiary/aromatic N) is 4. The SMILES string of the molecule is O=c1[nH]ncn1/N=C/c1cscn1. The van der Waals surface area contributed by atoms with E-state index < -0.39 is 0 Å². The molecule has 0 spiro atoms. The average Bonchev–Trinajstić information content (AvgIpc) is 2.72. The van der Waals surface area contributed by atoms with Gasteiger partial charge in [0.15, 0.2) is 0 Å². The van der Waals surface area contributed by atoms with Crippen LogP contribution in [0.5, 0.6) is 0 Å². The molecule has 0 bridgehead atoms. The highest BCUT2D eigenvalue weighted by Crippen LogP contribution is 1.96. The molecule has 2 heterocycles. The number of H-pyrrole nitrogens is 1. The number of aromatic nitrogens is 4. The first-order valence-electron chi connectivity index (χ1n) is 3.41. The number of aromatic amines is 1. The molecule has 0 unspecified atom stereocenters. The standard InChI is InChI=1S/C6H5N5OS/c12-6-10-8-3-11(6)9-1-5-2-13-4-7-5/h1-4H,(H,10,12)/b9-1+. The number of hydrogen-bond acceptors (Lipinski definition) is 5. The summed E-state index contributed by atoms with van der Waals surface area (Å²) in [5.74, 6) is 0. The van der Waals surface area contributed by atoms with Crippen LogP contribution >= 0.6 is 11.3 Å². The van der Waals surface area contributed by atoms with E-state index in [2.05, 4.69) is 20.3 Å². The van der Waals surface area contributed by atoms with Crippen molar-refractivity contribution < 1.29 is 0 Å². The van der Waals surface area contributed by atoms with Crippen molar-refractivity contribution in [3.8, 4) is 0 Å². The second-order valence-electron chi connectivity index (χ2n) is 2.16. The summed E-state index contributed by atoms with van der Waals surface area (Å²) in [5.41, 5.74) is 2.05. The Balaban J connectivity index is 2.24. The van der Waals surface area contributed by atoms with Crippen molar-refractivity contribution in [2.75, 3.05) is 0 Å². The first-order valence-corrected chi connectivity index (χ1v) is 4.35. The maximum atomic E-state index is 10.9. The molecule has 13 heavy (non-hydrogen) atoms. The highest BCUT2D eigenvalue weighted by molar-refractivity contribution is 7.07. The van der Waals surface area contributed by atoms with Gasteiger partial charge in [0.1, 0.15) is 6.33 Å². The van der Waals surface area contributed by atoms with Gasteiger partial charge >= 0.3 is 5.69 Å². The van der Waals surface area contributed by atoms with Gasteiger partial charge in [-0.05, 0) is 0 Å². The van der Waals surface area contributed by atoms with Gasteiger partial charge in [0, 0.05) is 5.38 Å². The van der Waals surface area contributed by atoms with Crippen LogP contribution in [-0.2, 0) is 0 Å². The Morgan fingerprint density at radius 1 is 1.69 bits per heavy atom. The molecule has 0 fully saturated rings. The van der Waals surface area contributed by atoms with E-state index in [0.717, 1.165) is 10.4 Å². The molecule has 1 N–H and O–H groups in total. The summed E-state index contributed by atoms with van der Waals surface area (Å²) in [7, 11) is 0. The van der Waals surface area contributed by atoms with Crippen molar-refractivity contribution >= 4 is 17.6 Å². The van der Waals surface area contributed by atoms with Crippen molar-refractivity contribution in [2.24, 2.45) is 5.10 Å². The zero-order valence-corrected chi connectivity index (χ0v) is 7.23. The molecule has 66 valence electrons. The fraction of sp³-hybridized carbons (Fsp3) is 0. The zero-order valence-electron chi connectivity index (χ0n) is 6.41. The van der Waals surface area contributed by atoms with Crippen molar-refractivity contribution in [3.63, 3.8) is 0 Å². The minimum absolute atomic E-state index is 0.369. The molecule has 0 atom stereocenters. The Morgan fingerprint density at radius 2 is 2.62 bits per heavy atom. The van der Waals surface area contributed by atoms with E-state index in [0.29, 0.717) is 0 Å². The van der Waals surface area contributed by atoms with Crippen LogP contribution in [0.15, 0.2) is 27.1 Å². The van der Waals surface area contributed by atoms with Crippen LogP contribution in [0.2, 0.25) is 0 Å². The number of nitrogens with one attached hydrogen (secondary N) is 1. The molecule has 2 aromatic heterocycles. The van der Waals surface area contributed by atoms with Crippen LogP contribution in [-0.4, -0.2) is 26.1 Å². The van der Waals surface area contributed by atoms with Crippen molar-refractivity contribution in [1.82, 2.24) is 19.9 Å². The molecular formula is C6H5N5OS. The van der Waals surface area contributed by atoms with Gasteiger partial charge in [-0.3, -0.25) is 0 Å². The van der Waals surface area contributed by atoms with Crippen LogP contribution < -0.4 is 5.69 Å². The summed E-state index contributed by atoms with van der Waals surface area (Å²) in [6.07, 6.45) is 2.79. The zero-order chi connectivity index (χ0) is 9.10. The second-order valence-corrected chi connectivity index (χ2v) is 2.88. The Hall–Kier alpha value is -1.76. The summed E-state index contributed by atoms with van der Waals surface area (Å²) >= 11 is 1.47. The first-order chi connectivity index (χ1) is 6.36. The summed E-state index contributed by atoms with van der Waals surface area (Å²) in [6.45, 7) is 0. The van der Waals surface area contributed by atoms with E-state index in [9.17, 15) is 4.79 Å². The minimum Gasteiger partial charge on any atom is -0.244 e. The minimum atomic E-state index is -0.369. The fourth-order valence-corrected chi connectivity index (χ4v) is 1.24. The van der Waals surface area contributed by atoms with Gasteiger partial charge in [0.25, 0.3) is 0 Å². The van der Waals surface area contributed by atoms with Crippen molar-refractivity contribution in [3.05, 3.63) is 33.4 Å². The van der Waals surface area contributed by atoms with Crippen molar-refractivity contribution in [2.45, 2.75) is 0 Å². The van der Waals surface area contributed by atoms with Gasteiger partial charge in [0.05, 0.1) is 17.4 Å². The van der Waals surface area contributed by atoms with Gasteiger partial charge in [-0.25, -0.2) is 14.9 Å². The number of hydrogen-bond donors (Lipinski definition) is 1. The third kappa shape index (κ3) is 1.70. The average molecular weight is 195 g/mol. The summed E-state index contributed by atoms with van der Waals surface area (Å²) in [4.78, 5) is 14.9. The molecule has 0 radical (unpaired) electrons. The molecule has 0 saturated heterocycles. The molecule has 6 nitrogen and oxygen atoms in total. The van der Waals surface area contributed by atoms with Crippen LogP contribution in [0.3, 0.4) is 0 Å². The maximum Gasteiger partial charge on any atom is 0.363 e. The maximum absolute atomic E-state index is 10.9. The molecule has 0 aliphatic carbocycles. The summed E-state index contributed by atoms with van der Waals surface area (Å²) in [6, 6.07) is 0. The van der Waals surface area contributed by atoms with Gasteiger partial charge < -0.3 is 0 Å². The third-order valence-corrected chi connectivity index (χ3v) is 1.91. The molecule has 0 saturated carbocycles.